The molecule has 4 heteroatoms. The average Bonchev–Trinajstić information content (AvgIpc) is 2.01. The third-order valence-corrected chi connectivity index (χ3v) is 1.77. The number of hydrogen-bond acceptors (Lipinski definition) is 1. The maximum atomic E-state index is 13.1. The Hall–Kier alpha value is -1.32. The van der Waals surface area contributed by atoms with E-state index in [4.69, 9.17) is 0 Å². The van der Waals surface area contributed by atoms with E-state index in [1.807, 2.05) is 0 Å². The molecule has 0 saturated heterocycles. The van der Waals surface area contributed by atoms with Crippen LogP contribution in [-0.2, 0) is 0 Å². The van der Waals surface area contributed by atoms with Crippen LogP contribution in [0.2, 0.25) is 0 Å². The topological polar surface area (TPSA) is 17.1 Å². The molecule has 0 aliphatic rings. The molecule has 0 aromatic heterocycles. The van der Waals surface area contributed by atoms with Crippen LogP contribution >= 0.6 is 0 Å². The lowest BCUT2D eigenvalue weighted by Crippen LogP contribution is -2.25. The fraction of sp³-hybridized carbons (Fsp3) is 0.300. The first-order chi connectivity index (χ1) is 6.32. The van der Waals surface area contributed by atoms with Gasteiger partial charge in [0.2, 0.25) is 5.78 Å². The van der Waals surface area contributed by atoms with Crippen molar-refractivity contribution < 1.29 is 18.0 Å². The Labute approximate surface area is 79.5 Å². The Kier molecular flexibility index (Phi) is 2.64. The molecule has 0 aliphatic carbocycles. The Morgan fingerprint density at radius 3 is 2.36 bits per heavy atom. The SMILES string of the molecule is Cc1ccc(C(=O)C(C)(F)F)c(F)c1. The second-order valence-corrected chi connectivity index (χ2v) is 3.20. The van der Waals surface area contributed by atoms with Crippen LogP contribution in [0.4, 0.5) is 13.2 Å². The minimum Gasteiger partial charge on any atom is -0.287 e. The van der Waals surface area contributed by atoms with Crippen LogP contribution in [0, 0.1) is 12.7 Å². The minimum absolute atomic E-state index is 0.453. The number of aryl methyl sites for hydroxylation is 1. The molecule has 0 N–H and O–H groups in total. The van der Waals surface area contributed by atoms with Crippen molar-refractivity contribution in [2.45, 2.75) is 19.8 Å². The lowest BCUT2D eigenvalue weighted by atomic mass is 10.0. The molecule has 1 nitrogen and oxygen atoms in total. The first-order valence-corrected chi connectivity index (χ1v) is 4.01. The van der Waals surface area contributed by atoms with Crippen LogP contribution in [0.15, 0.2) is 18.2 Å². The first-order valence-electron chi connectivity index (χ1n) is 4.01. The van der Waals surface area contributed by atoms with Gasteiger partial charge in [-0.3, -0.25) is 4.79 Å². The van der Waals surface area contributed by atoms with Gasteiger partial charge in [0.15, 0.2) is 0 Å². The van der Waals surface area contributed by atoms with Gasteiger partial charge in [0.25, 0.3) is 0 Å². The van der Waals surface area contributed by atoms with E-state index in [1.165, 1.54) is 6.07 Å². The van der Waals surface area contributed by atoms with Gasteiger partial charge in [0, 0.05) is 6.92 Å². The predicted molar refractivity (Wildman–Crippen MR) is 46.1 cm³/mol. The standard InChI is InChI=1S/C10H9F3O/c1-6-3-4-7(8(11)5-6)9(14)10(2,12)13/h3-5H,1-2H3. The fourth-order valence-electron chi connectivity index (χ4n) is 1.04. The Bertz CT molecular complexity index is 366. The summed E-state index contributed by atoms with van der Waals surface area (Å²) in [6.45, 7) is 2.07. The van der Waals surface area contributed by atoms with Gasteiger partial charge in [0.1, 0.15) is 5.82 Å². The maximum absolute atomic E-state index is 13.1. The molecule has 1 rings (SSSR count). The summed E-state index contributed by atoms with van der Waals surface area (Å²) < 4.78 is 38.2. The molecule has 0 atom stereocenters. The second kappa shape index (κ2) is 3.44. The summed E-state index contributed by atoms with van der Waals surface area (Å²) in [7, 11) is 0. The number of carbonyl (C=O) groups excluding carboxylic acids is 1. The van der Waals surface area contributed by atoms with Gasteiger partial charge in [-0.15, -0.1) is 0 Å². The van der Waals surface area contributed by atoms with E-state index in [0.717, 1.165) is 12.1 Å². The maximum Gasteiger partial charge on any atom is 0.307 e. The molecular formula is C10H9F3O. The summed E-state index contributed by atoms with van der Waals surface area (Å²) in [6, 6.07) is 3.55. The van der Waals surface area contributed by atoms with Crippen LogP contribution in [0.25, 0.3) is 0 Å². The number of carbonyl (C=O) groups is 1. The molecule has 0 fully saturated rings. The monoisotopic (exact) mass is 202 g/mol. The lowest BCUT2D eigenvalue weighted by Gasteiger charge is -2.09. The number of halogens is 3. The fourth-order valence-corrected chi connectivity index (χ4v) is 1.04. The predicted octanol–water partition coefficient (Wildman–Crippen LogP) is 2.97. The van der Waals surface area contributed by atoms with Gasteiger partial charge in [-0.05, 0) is 24.6 Å². The lowest BCUT2D eigenvalue weighted by molar-refractivity contribution is 0.0217. The highest BCUT2D eigenvalue weighted by Crippen LogP contribution is 2.21. The van der Waals surface area contributed by atoms with Crippen LogP contribution in [0.3, 0.4) is 0 Å². The normalized spacial score (nSPS) is 11.5. The van der Waals surface area contributed by atoms with Crippen LogP contribution in [0.5, 0.6) is 0 Å². The molecule has 0 amide bonds. The van der Waals surface area contributed by atoms with Crippen LogP contribution in [0.1, 0.15) is 22.8 Å². The number of ketones is 1. The van der Waals surface area contributed by atoms with E-state index in [-0.39, 0.29) is 0 Å². The highest BCUT2D eigenvalue weighted by Gasteiger charge is 2.34. The van der Waals surface area contributed by atoms with Gasteiger partial charge in [0.05, 0.1) is 5.56 Å². The van der Waals surface area contributed by atoms with Crippen molar-refractivity contribution in [2.75, 3.05) is 0 Å². The smallest absolute Gasteiger partial charge is 0.287 e. The van der Waals surface area contributed by atoms with Crippen LogP contribution in [-0.4, -0.2) is 11.7 Å². The highest BCUT2D eigenvalue weighted by molar-refractivity contribution is 6.01. The van der Waals surface area contributed by atoms with E-state index < -0.39 is 23.1 Å². The van der Waals surface area contributed by atoms with Gasteiger partial charge >= 0.3 is 5.92 Å². The van der Waals surface area contributed by atoms with Gasteiger partial charge in [-0.2, -0.15) is 8.78 Å². The Morgan fingerprint density at radius 1 is 1.36 bits per heavy atom. The zero-order chi connectivity index (χ0) is 10.9. The quantitative estimate of drug-likeness (QED) is 0.674. The van der Waals surface area contributed by atoms with E-state index in [0.29, 0.717) is 12.5 Å². The summed E-state index contributed by atoms with van der Waals surface area (Å²) in [4.78, 5) is 11.0. The molecule has 0 aliphatic heterocycles. The van der Waals surface area contributed by atoms with Crippen molar-refractivity contribution in [3.8, 4) is 0 Å². The van der Waals surface area contributed by atoms with Crippen molar-refractivity contribution in [1.82, 2.24) is 0 Å². The van der Waals surface area contributed by atoms with Crippen molar-refractivity contribution >= 4 is 5.78 Å². The molecule has 1 aromatic carbocycles. The molecule has 0 saturated carbocycles. The summed E-state index contributed by atoms with van der Waals surface area (Å²) >= 11 is 0. The van der Waals surface area contributed by atoms with E-state index in [1.54, 1.807) is 6.92 Å². The van der Waals surface area contributed by atoms with Crippen LogP contribution < -0.4 is 0 Å². The molecule has 76 valence electrons. The zero-order valence-corrected chi connectivity index (χ0v) is 7.77. The van der Waals surface area contributed by atoms with Crippen molar-refractivity contribution in [3.05, 3.63) is 35.1 Å². The Balaban J connectivity index is 3.15. The summed E-state index contributed by atoms with van der Waals surface area (Å²) in [5.74, 6) is -5.93. The highest BCUT2D eigenvalue weighted by atomic mass is 19.3. The molecule has 1 aromatic rings. The second-order valence-electron chi connectivity index (χ2n) is 3.20. The molecule has 0 unspecified atom stereocenters. The molecule has 0 bridgehead atoms. The molecule has 0 radical (unpaired) electrons. The summed E-state index contributed by atoms with van der Waals surface area (Å²) in [5, 5.41) is 0. The number of benzene rings is 1. The van der Waals surface area contributed by atoms with Gasteiger partial charge in [-0.1, -0.05) is 6.07 Å². The third kappa shape index (κ3) is 2.13. The molecule has 0 heterocycles. The number of Topliss-reactive ketones (excluding diaryl/α,β-unsaturated/α-hetero) is 1. The first kappa shape index (κ1) is 10.8. The zero-order valence-electron chi connectivity index (χ0n) is 7.77. The van der Waals surface area contributed by atoms with E-state index in [2.05, 4.69) is 0 Å². The van der Waals surface area contributed by atoms with Gasteiger partial charge in [-0.25, -0.2) is 4.39 Å². The number of rotatable bonds is 2. The van der Waals surface area contributed by atoms with E-state index in [9.17, 15) is 18.0 Å². The van der Waals surface area contributed by atoms with Gasteiger partial charge < -0.3 is 0 Å². The van der Waals surface area contributed by atoms with E-state index >= 15 is 0 Å². The molecule has 0 spiro atoms. The van der Waals surface area contributed by atoms with Crippen molar-refractivity contribution in [2.24, 2.45) is 0 Å². The van der Waals surface area contributed by atoms with Crippen molar-refractivity contribution in [3.63, 3.8) is 0 Å². The summed E-state index contributed by atoms with van der Waals surface area (Å²) in [5.41, 5.74) is 0.0153. The number of hydrogen-bond donors (Lipinski definition) is 0. The minimum atomic E-state index is -3.53. The number of alkyl halides is 2. The van der Waals surface area contributed by atoms with Crippen molar-refractivity contribution in [1.29, 1.82) is 0 Å². The average molecular weight is 202 g/mol. The summed E-state index contributed by atoms with van der Waals surface area (Å²) in [6.07, 6.45) is 0. The molecular weight excluding hydrogens is 193 g/mol. The Morgan fingerprint density at radius 2 is 1.93 bits per heavy atom. The molecule has 14 heavy (non-hydrogen) atoms. The third-order valence-electron chi connectivity index (χ3n) is 1.77. The largest absolute Gasteiger partial charge is 0.307 e.